The van der Waals surface area contributed by atoms with Crippen LogP contribution < -0.4 is 0 Å². The highest BCUT2D eigenvalue weighted by Crippen LogP contribution is 2.62. The molecule has 0 amide bonds. The summed E-state index contributed by atoms with van der Waals surface area (Å²) in [7, 11) is 0. The van der Waals surface area contributed by atoms with Gasteiger partial charge in [-0.1, -0.05) is 106 Å². The van der Waals surface area contributed by atoms with Crippen molar-refractivity contribution in [2.75, 3.05) is 0 Å². The average molecular weight is 457 g/mol. The Kier molecular flexibility index (Phi) is 4.10. The van der Waals surface area contributed by atoms with Gasteiger partial charge in [-0.05, 0) is 78.2 Å². The first kappa shape index (κ1) is 19.8. The van der Waals surface area contributed by atoms with Gasteiger partial charge in [0.1, 0.15) is 0 Å². The van der Waals surface area contributed by atoms with Gasteiger partial charge in [-0.15, -0.1) is 0 Å². The Morgan fingerprint density at radius 1 is 0.567 bits per heavy atom. The zero-order chi connectivity index (χ0) is 21.5. The smallest absolute Gasteiger partial charge is 0.0257 e. The van der Waals surface area contributed by atoms with Crippen LogP contribution in [0.2, 0.25) is 0 Å². The van der Waals surface area contributed by atoms with Crippen molar-refractivity contribution in [1.29, 1.82) is 0 Å². The molecular formula is C29H29Br. The van der Waals surface area contributed by atoms with Crippen molar-refractivity contribution in [3.63, 3.8) is 0 Å². The summed E-state index contributed by atoms with van der Waals surface area (Å²) in [6.07, 6.45) is 0. The van der Waals surface area contributed by atoms with E-state index in [9.17, 15) is 0 Å². The second-order valence-electron chi connectivity index (χ2n) is 10.4. The molecule has 0 aromatic heterocycles. The first-order valence-electron chi connectivity index (χ1n) is 10.8. The fourth-order valence-corrected chi connectivity index (χ4v) is 6.10. The highest BCUT2D eigenvalue weighted by Gasteiger charge is 2.56. The van der Waals surface area contributed by atoms with Gasteiger partial charge in [-0.25, -0.2) is 0 Å². The van der Waals surface area contributed by atoms with Gasteiger partial charge < -0.3 is 0 Å². The molecule has 1 heteroatoms. The Hall–Kier alpha value is -2.12. The van der Waals surface area contributed by atoms with Crippen LogP contribution in [0.1, 0.15) is 52.7 Å². The van der Waals surface area contributed by atoms with Crippen molar-refractivity contribution < 1.29 is 0 Å². The highest BCUT2D eigenvalue weighted by molar-refractivity contribution is 9.10. The Balaban J connectivity index is 1.87. The summed E-state index contributed by atoms with van der Waals surface area (Å²) < 4.78 is 1.18. The van der Waals surface area contributed by atoms with Gasteiger partial charge in [0.25, 0.3) is 0 Å². The van der Waals surface area contributed by atoms with Gasteiger partial charge in [-0.3, -0.25) is 0 Å². The Labute approximate surface area is 188 Å². The minimum atomic E-state index is 0.0912. The summed E-state index contributed by atoms with van der Waals surface area (Å²) >= 11 is 3.96. The van der Waals surface area contributed by atoms with E-state index >= 15 is 0 Å². The summed E-state index contributed by atoms with van der Waals surface area (Å²) in [5.41, 5.74) is 5.90. The fourth-order valence-electron chi connectivity index (χ4n) is 5.55. The zero-order valence-corrected chi connectivity index (χ0v) is 20.3. The molecule has 1 aliphatic carbocycles. The monoisotopic (exact) mass is 456 g/mol. The molecule has 0 N–H and O–H groups in total. The van der Waals surface area contributed by atoms with Gasteiger partial charge >= 0.3 is 0 Å². The van der Waals surface area contributed by atoms with Crippen LogP contribution in [0.3, 0.4) is 0 Å². The molecule has 0 fully saturated rings. The lowest BCUT2D eigenvalue weighted by Crippen LogP contribution is -2.42. The SMILES string of the molecule is CC1(C)c2cc(Br)c(-c3cc4ccccc4c4ccccc34)cc2C(C)(C)C1(C)C. The highest BCUT2D eigenvalue weighted by atomic mass is 79.9. The van der Waals surface area contributed by atoms with E-state index in [1.165, 1.54) is 48.3 Å². The molecule has 30 heavy (non-hydrogen) atoms. The van der Waals surface area contributed by atoms with Crippen LogP contribution in [0.4, 0.5) is 0 Å². The summed E-state index contributed by atoms with van der Waals surface area (Å²) in [6.45, 7) is 14.5. The van der Waals surface area contributed by atoms with E-state index in [0.717, 1.165) is 0 Å². The quantitative estimate of drug-likeness (QED) is 0.250. The normalized spacial score (nSPS) is 18.6. The topological polar surface area (TPSA) is 0 Å². The maximum atomic E-state index is 3.96. The average Bonchev–Trinajstić information content (AvgIpc) is 2.81. The van der Waals surface area contributed by atoms with Crippen LogP contribution in [-0.4, -0.2) is 0 Å². The number of hydrogen-bond donors (Lipinski definition) is 0. The summed E-state index contributed by atoms with van der Waals surface area (Å²) in [6, 6.07) is 24.7. The molecule has 0 atom stereocenters. The van der Waals surface area contributed by atoms with Gasteiger partial charge in [-0.2, -0.15) is 0 Å². The molecule has 4 aromatic carbocycles. The molecule has 4 aromatic rings. The third kappa shape index (κ3) is 2.39. The summed E-state index contributed by atoms with van der Waals surface area (Å²) in [5.74, 6) is 0. The number of fused-ring (bicyclic) bond motifs is 4. The van der Waals surface area contributed by atoms with E-state index in [0.29, 0.717) is 0 Å². The third-order valence-corrected chi connectivity index (χ3v) is 9.29. The molecule has 0 radical (unpaired) electrons. The molecular weight excluding hydrogens is 428 g/mol. The minimum absolute atomic E-state index is 0.0912. The van der Waals surface area contributed by atoms with E-state index in [2.05, 4.69) is 124 Å². The maximum Gasteiger partial charge on any atom is 0.0257 e. The Morgan fingerprint density at radius 3 is 1.77 bits per heavy atom. The van der Waals surface area contributed by atoms with Crippen LogP contribution >= 0.6 is 15.9 Å². The van der Waals surface area contributed by atoms with E-state index in [4.69, 9.17) is 0 Å². The van der Waals surface area contributed by atoms with Crippen LogP contribution in [0, 0.1) is 5.41 Å². The number of benzene rings is 4. The molecule has 152 valence electrons. The lowest BCUT2D eigenvalue weighted by atomic mass is 9.59. The Bertz CT molecular complexity index is 1320. The first-order chi connectivity index (χ1) is 14.1. The van der Waals surface area contributed by atoms with Crippen molar-refractivity contribution in [1.82, 2.24) is 0 Å². The lowest BCUT2D eigenvalue weighted by molar-refractivity contribution is 0.125. The molecule has 0 nitrogen and oxygen atoms in total. The van der Waals surface area contributed by atoms with Crippen LogP contribution in [0.25, 0.3) is 32.7 Å². The molecule has 1 aliphatic rings. The molecule has 0 saturated heterocycles. The molecule has 0 unspecified atom stereocenters. The lowest BCUT2D eigenvalue weighted by Gasteiger charge is -2.44. The van der Waals surface area contributed by atoms with E-state index < -0.39 is 0 Å². The van der Waals surface area contributed by atoms with Crippen LogP contribution in [0.5, 0.6) is 0 Å². The Morgan fingerprint density at radius 2 is 1.10 bits per heavy atom. The van der Waals surface area contributed by atoms with Gasteiger partial charge in [0.05, 0.1) is 0 Å². The summed E-state index contributed by atoms with van der Waals surface area (Å²) in [4.78, 5) is 0. The van der Waals surface area contributed by atoms with Gasteiger partial charge in [0.15, 0.2) is 0 Å². The second-order valence-corrected chi connectivity index (χ2v) is 11.3. The van der Waals surface area contributed by atoms with Crippen LogP contribution in [0.15, 0.2) is 71.2 Å². The molecule has 0 heterocycles. The molecule has 0 aliphatic heterocycles. The second kappa shape index (κ2) is 6.20. The largest absolute Gasteiger partial charge is 0.0616 e. The predicted molar refractivity (Wildman–Crippen MR) is 134 cm³/mol. The van der Waals surface area contributed by atoms with E-state index in [1.807, 2.05) is 0 Å². The van der Waals surface area contributed by atoms with Gasteiger partial charge in [0, 0.05) is 4.47 Å². The third-order valence-electron chi connectivity index (χ3n) is 8.64. The summed E-state index contributed by atoms with van der Waals surface area (Å²) in [5, 5.41) is 5.24. The standard InChI is InChI=1S/C29H29Br/c1-27(2)24-16-23(26(30)17-25(24)28(3,4)29(27,5)6)22-15-18-11-7-8-12-19(18)20-13-9-10-14-21(20)22/h7-17H,1-6H3. The van der Waals surface area contributed by atoms with Crippen LogP contribution in [-0.2, 0) is 10.8 Å². The van der Waals surface area contributed by atoms with Crippen molar-refractivity contribution in [2.45, 2.75) is 52.4 Å². The van der Waals surface area contributed by atoms with E-state index in [1.54, 1.807) is 0 Å². The van der Waals surface area contributed by atoms with Crippen molar-refractivity contribution in [3.8, 4) is 11.1 Å². The zero-order valence-electron chi connectivity index (χ0n) is 18.7. The molecule has 0 spiro atoms. The number of rotatable bonds is 1. The first-order valence-corrected chi connectivity index (χ1v) is 11.6. The number of halogens is 1. The van der Waals surface area contributed by atoms with Crippen molar-refractivity contribution in [3.05, 3.63) is 82.3 Å². The fraction of sp³-hybridized carbons (Fsp3) is 0.310. The predicted octanol–water partition coefficient (Wildman–Crippen LogP) is 9.02. The molecule has 5 rings (SSSR count). The number of hydrogen-bond acceptors (Lipinski definition) is 0. The maximum absolute atomic E-state index is 3.96. The molecule has 0 bridgehead atoms. The van der Waals surface area contributed by atoms with Crippen molar-refractivity contribution in [2.24, 2.45) is 5.41 Å². The van der Waals surface area contributed by atoms with Crippen molar-refractivity contribution >= 4 is 37.5 Å². The van der Waals surface area contributed by atoms with Gasteiger partial charge in [0.2, 0.25) is 0 Å². The molecule has 0 saturated carbocycles. The van der Waals surface area contributed by atoms with E-state index in [-0.39, 0.29) is 16.2 Å². The minimum Gasteiger partial charge on any atom is -0.0616 e.